The molecule has 0 heterocycles. The summed E-state index contributed by atoms with van der Waals surface area (Å²) in [5.41, 5.74) is 10.1. The van der Waals surface area contributed by atoms with Crippen molar-refractivity contribution >= 4 is 5.96 Å². The molecule has 0 fully saturated rings. The molecule has 0 spiro atoms. The van der Waals surface area contributed by atoms with Gasteiger partial charge in [-0.15, -0.1) is 0 Å². The van der Waals surface area contributed by atoms with E-state index in [-0.39, 0.29) is 12.0 Å². The summed E-state index contributed by atoms with van der Waals surface area (Å²) in [4.78, 5) is 4.18. The first-order valence-corrected chi connectivity index (χ1v) is 4.50. The number of nitrogens with two attached hydrogens (primary N) is 2. The molecular formula is C10H16N4. The third kappa shape index (κ3) is 2.47. The average molecular weight is 192 g/mol. The molecule has 5 N–H and O–H groups in total. The molecule has 0 amide bonds. The van der Waals surface area contributed by atoms with E-state index in [1.54, 1.807) is 0 Å². The smallest absolute Gasteiger partial charge is 0.203 e. The molecule has 1 rings (SSSR count). The van der Waals surface area contributed by atoms with Crippen LogP contribution >= 0.6 is 0 Å². The lowest BCUT2D eigenvalue weighted by molar-refractivity contribution is 0.794. The Bertz CT molecular complexity index is 333. The number of hydrogen-bond donors (Lipinski definition) is 3. The molecule has 0 aliphatic rings. The molecule has 76 valence electrons. The first kappa shape index (κ1) is 10.5. The minimum Gasteiger partial charge on any atom is -0.369 e. The molecule has 0 bridgehead atoms. The van der Waals surface area contributed by atoms with Gasteiger partial charge in [-0.05, 0) is 25.0 Å². The van der Waals surface area contributed by atoms with Gasteiger partial charge in [-0.3, -0.25) is 5.43 Å². The molecule has 4 heteroatoms. The lowest BCUT2D eigenvalue weighted by atomic mass is 10.0. The van der Waals surface area contributed by atoms with Gasteiger partial charge in [-0.2, -0.15) is 0 Å². The molecule has 4 nitrogen and oxygen atoms in total. The van der Waals surface area contributed by atoms with Crippen LogP contribution in [0.2, 0.25) is 0 Å². The number of hydrogen-bond acceptors (Lipinski definition) is 2. The molecular weight excluding hydrogens is 176 g/mol. The van der Waals surface area contributed by atoms with Crippen LogP contribution in [0.1, 0.15) is 24.1 Å². The second-order valence-corrected chi connectivity index (χ2v) is 3.19. The highest BCUT2D eigenvalue weighted by Gasteiger charge is 2.05. The van der Waals surface area contributed by atoms with Crippen LogP contribution in [0.25, 0.3) is 0 Å². The fourth-order valence-electron chi connectivity index (χ4n) is 1.37. The van der Waals surface area contributed by atoms with Crippen LogP contribution in [0, 0.1) is 6.92 Å². The van der Waals surface area contributed by atoms with Crippen LogP contribution in [-0.2, 0) is 0 Å². The van der Waals surface area contributed by atoms with E-state index >= 15 is 0 Å². The Labute approximate surface area is 84.0 Å². The third-order valence-corrected chi connectivity index (χ3v) is 2.12. The second-order valence-electron chi connectivity index (χ2n) is 3.19. The summed E-state index contributed by atoms with van der Waals surface area (Å²) in [6.45, 7) is 4.03. The fraction of sp³-hybridized carbons (Fsp3) is 0.300. The summed E-state index contributed by atoms with van der Waals surface area (Å²) in [5.74, 6) is 5.38. The molecule has 0 aliphatic carbocycles. The van der Waals surface area contributed by atoms with Gasteiger partial charge in [0, 0.05) is 0 Å². The highest BCUT2D eigenvalue weighted by Crippen LogP contribution is 2.19. The number of nitrogens with zero attached hydrogens (tertiary/aromatic N) is 1. The molecule has 0 aliphatic heterocycles. The van der Waals surface area contributed by atoms with Crippen LogP contribution in [0.4, 0.5) is 0 Å². The van der Waals surface area contributed by atoms with Crippen LogP contribution in [-0.4, -0.2) is 5.96 Å². The SMILES string of the molecule is Cc1ccccc1[C@H](C)N=C(N)NN. The Morgan fingerprint density at radius 1 is 1.43 bits per heavy atom. The Balaban J connectivity index is 2.90. The Morgan fingerprint density at radius 3 is 2.64 bits per heavy atom. The van der Waals surface area contributed by atoms with E-state index in [4.69, 9.17) is 11.6 Å². The Kier molecular flexibility index (Phi) is 3.48. The van der Waals surface area contributed by atoms with Crippen LogP contribution in [0.15, 0.2) is 29.3 Å². The van der Waals surface area contributed by atoms with Gasteiger partial charge >= 0.3 is 0 Å². The maximum absolute atomic E-state index is 5.48. The summed E-state index contributed by atoms with van der Waals surface area (Å²) >= 11 is 0. The zero-order valence-corrected chi connectivity index (χ0v) is 8.49. The van der Waals surface area contributed by atoms with Gasteiger partial charge in [-0.25, -0.2) is 10.8 Å². The van der Waals surface area contributed by atoms with Crippen molar-refractivity contribution in [1.82, 2.24) is 5.43 Å². The van der Waals surface area contributed by atoms with E-state index in [1.807, 2.05) is 38.1 Å². The van der Waals surface area contributed by atoms with Crippen molar-refractivity contribution in [2.45, 2.75) is 19.9 Å². The number of rotatable bonds is 2. The Hall–Kier alpha value is -1.55. The maximum atomic E-state index is 5.48. The van der Waals surface area contributed by atoms with E-state index in [9.17, 15) is 0 Å². The van der Waals surface area contributed by atoms with Crippen molar-refractivity contribution in [2.75, 3.05) is 0 Å². The van der Waals surface area contributed by atoms with Gasteiger partial charge in [-0.1, -0.05) is 24.3 Å². The second kappa shape index (κ2) is 4.62. The lowest BCUT2D eigenvalue weighted by Gasteiger charge is -2.10. The van der Waals surface area contributed by atoms with E-state index < -0.39 is 0 Å². The maximum Gasteiger partial charge on any atom is 0.203 e. The lowest BCUT2D eigenvalue weighted by Crippen LogP contribution is -2.37. The number of nitrogens with one attached hydrogen (secondary N) is 1. The normalized spacial score (nSPS) is 13.8. The monoisotopic (exact) mass is 192 g/mol. The molecule has 0 aromatic heterocycles. The number of hydrazine groups is 1. The zero-order chi connectivity index (χ0) is 10.6. The van der Waals surface area contributed by atoms with Crippen LogP contribution < -0.4 is 17.0 Å². The molecule has 0 saturated carbocycles. The summed E-state index contributed by atoms with van der Waals surface area (Å²) in [6, 6.07) is 8.09. The van der Waals surface area contributed by atoms with Crippen molar-refractivity contribution in [2.24, 2.45) is 16.6 Å². The molecule has 0 saturated heterocycles. The van der Waals surface area contributed by atoms with Crippen LogP contribution in [0.5, 0.6) is 0 Å². The number of benzene rings is 1. The zero-order valence-electron chi connectivity index (χ0n) is 8.49. The minimum absolute atomic E-state index is 0.0206. The minimum atomic E-state index is 0.0206. The van der Waals surface area contributed by atoms with Crippen molar-refractivity contribution in [1.29, 1.82) is 0 Å². The summed E-state index contributed by atoms with van der Waals surface area (Å²) < 4.78 is 0. The van der Waals surface area contributed by atoms with Crippen LogP contribution in [0.3, 0.4) is 0 Å². The number of guanidine groups is 1. The molecule has 1 aromatic carbocycles. The topological polar surface area (TPSA) is 76.4 Å². The highest BCUT2D eigenvalue weighted by atomic mass is 15.3. The molecule has 14 heavy (non-hydrogen) atoms. The Morgan fingerprint density at radius 2 is 2.07 bits per heavy atom. The summed E-state index contributed by atoms with van der Waals surface area (Å²) in [6.07, 6.45) is 0. The van der Waals surface area contributed by atoms with Crippen molar-refractivity contribution in [3.8, 4) is 0 Å². The van der Waals surface area contributed by atoms with E-state index in [0.29, 0.717) is 0 Å². The van der Waals surface area contributed by atoms with Gasteiger partial charge in [0.15, 0.2) is 0 Å². The summed E-state index contributed by atoms with van der Waals surface area (Å²) in [7, 11) is 0. The third-order valence-electron chi connectivity index (χ3n) is 2.12. The molecule has 0 radical (unpaired) electrons. The van der Waals surface area contributed by atoms with Gasteiger partial charge < -0.3 is 5.73 Å². The van der Waals surface area contributed by atoms with Gasteiger partial charge in [0.1, 0.15) is 0 Å². The van der Waals surface area contributed by atoms with Crippen molar-refractivity contribution in [3.05, 3.63) is 35.4 Å². The number of aryl methyl sites for hydroxylation is 1. The van der Waals surface area contributed by atoms with Crippen molar-refractivity contribution < 1.29 is 0 Å². The van der Waals surface area contributed by atoms with E-state index in [1.165, 1.54) is 5.56 Å². The fourth-order valence-corrected chi connectivity index (χ4v) is 1.37. The first-order valence-electron chi connectivity index (χ1n) is 4.50. The number of aliphatic imine (C=N–C) groups is 1. The van der Waals surface area contributed by atoms with E-state index in [0.717, 1.165) is 5.56 Å². The molecule has 1 atom stereocenters. The predicted octanol–water partition coefficient (Wildman–Crippen LogP) is 0.834. The van der Waals surface area contributed by atoms with Gasteiger partial charge in [0.25, 0.3) is 0 Å². The molecule has 1 aromatic rings. The quantitative estimate of drug-likeness (QED) is 0.281. The van der Waals surface area contributed by atoms with E-state index in [2.05, 4.69) is 10.4 Å². The highest BCUT2D eigenvalue weighted by molar-refractivity contribution is 5.77. The predicted molar refractivity (Wildman–Crippen MR) is 58.5 cm³/mol. The summed E-state index contributed by atoms with van der Waals surface area (Å²) in [5, 5.41) is 0. The van der Waals surface area contributed by atoms with Gasteiger partial charge in [0.2, 0.25) is 5.96 Å². The van der Waals surface area contributed by atoms with Crippen molar-refractivity contribution in [3.63, 3.8) is 0 Å². The average Bonchev–Trinajstić information content (AvgIpc) is 2.18. The van der Waals surface area contributed by atoms with Gasteiger partial charge in [0.05, 0.1) is 6.04 Å². The molecule has 0 unspecified atom stereocenters. The largest absolute Gasteiger partial charge is 0.369 e. The standard InChI is InChI=1S/C10H16N4/c1-7-5-3-4-6-9(7)8(2)13-10(11)14-12/h3-6,8H,12H2,1-2H3,(H3,11,13,14)/t8-/m0/s1. The first-order chi connectivity index (χ1) is 6.65.